The maximum Gasteiger partial charge on any atom is 0.328 e. The van der Waals surface area contributed by atoms with Gasteiger partial charge in [0.05, 0.1) is 24.9 Å². The summed E-state index contributed by atoms with van der Waals surface area (Å²) in [5.41, 5.74) is 0. The van der Waals surface area contributed by atoms with Crippen LogP contribution in [0.1, 0.15) is 34.6 Å². The maximum absolute atomic E-state index is 12.3. The minimum absolute atomic E-state index is 0.0346. The Morgan fingerprint density at radius 3 is 2.35 bits per heavy atom. The minimum atomic E-state index is -3.25. The van der Waals surface area contributed by atoms with Gasteiger partial charge in [-0.15, -0.1) is 0 Å². The minimum Gasteiger partial charge on any atom is -0.387 e. The standard InChI is InChI=1S/C13H27O6P/c1-8(2)17-11-7-16-10(5)13(12(11)14)19-20(6,15)18-9(3)4/h8-14H,7H2,1-6H3. The molecule has 0 radical (unpaired) electrons. The van der Waals surface area contributed by atoms with Crippen LogP contribution in [0.5, 0.6) is 0 Å². The number of aliphatic hydroxyl groups excluding tert-OH is 1. The van der Waals surface area contributed by atoms with E-state index in [0.29, 0.717) is 6.61 Å². The summed E-state index contributed by atoms with van der Waals surface area (Å²) in [4.78, 5) is 0. The molecule has 0 amide bonds. The summed E-state index contributed by atoms with van der Waals surface area (Å²) in [6, 6.07) is 0. The van der Waals surface area contributed by atoms with Crippen molar-refractivity contribution in [2.45, 2.75) is 71.2 Å². The Kier molecular flexibility index (Phi) is 6.64. The van der Waals surface area contributed by atoms with E-state index in [1.807, 2.05) is 13.8 Å². The van der Waals surface area contributed by atoms with Crippen molar-refractivity contribution in [2.75, 3.05) is 13.3 Å². The molecule has 0 spiro atoms. The molecule has 0 saturated carbocycles. The van der Waals surface area contributed by atoms with Gasteiger partial charge in [0, 0.05) is 6.66 Å². The molecule has 0 aromatic rings. The topological polar surface area (TPSA) is 74.2 Å². The quantitative estimate of drug-likeness (QED) is 0.758. The van der Waals surface area contributed by atoms with Crippen LogP contribution >= 0.6 is 7.60 Å². The lowest BCUT2D eigenvalue weighted by molar-refractivity contribution is -0.200. The molecular formula is C13H27O6P. The molecule has 0 bridgehead atoms. The average Bonchev–Trinajstić information content (AvgIpc) is 2.26. The molecule has 7 heteroatoms. The third-order valence-electron chi connectivity index (χ3n) is 2.87. The molecule has 1 saturated heterocycles. The van der Waals surface area contributed by atoms with E-state index in [2.05, 4.69) is 0 Å². The molecule has 0 aromatic heterocycles. The van der Waals surface area contributed by atoms with Gasteiger partial charge in [-0.3, -0.25) is 9.09 Å². The van der Waals surface area contributed by atoms with Gasteiger partial charge in [0.25, 0.3) is 0 Å². The summed E-state index contributed by atoms with van der Waals surface area (Å²) < 4.78 is 34.2. The molecule has 1 fully saturated rings. The number of hydrogen-bond donors (Lipinski definition) is 1. The van der Waals surface area contributed by atoms with Crippen LogP contribution in [0.15, 0.2) is 0 Å². The summed E-state index contributed by atoms with van der Waals surface area (Å²) in [5, 5.41) is 10.3. The van der Waals surface area contributed by atoms with Crippen LogP contribution in [-0.2, 0) is 23.1 Å². The van der Waals surface area contributed by atoms with Gasteiger partial charge in [-0.25, -0.2) is 0 Å². The fraction of sp³-hybridized carbons (Fsp3) is 1.00. The summed E-state index contributed by atoms with van der Waals surface area (Å²) in [5.74, 6) is 0. The Morgan fingerprint density at radius 1 is 1.25 bits per heavy atom. The van der Waals surface area contributed by atoms with Gasteiger partial charge in [-0.1, -0.05) is 0 Å². The highest BCUT2D eigenvalue weighted by Crippen LogP contribution is 2.48. The number of ether oxygens (including phenoxy) is 2. The van der Waals surface area contributed by atoms with Gasteiger partial charge in [-0.05, 0) is 34.6 Å². The zero-order valence-electron chi connectivity index (χ0n) is 13.1. The zero-order chi connectivity index (χ0) is 15.5. The highest BCUT2D eigenvalue weighted by molar-refractivity contribution is 7.53. The maximum atomic E-state index is 12.3. The predicted molar refractivity (Wildman–Crippen MR) is 76.1 cm³/mol. The van der Waals surface area contributed by atoms with Gasteiger partial charge >= 0.3 is 7.60 Å². The number of hydrogen-bond acceptors (Lipinski definition) is 6. The molecule has 1 heterocycles. The van der Waals surface area contributed by atoms with Crippen molar-refractivity contribution in [2.24, 2.45) is 0 Å². The third-order valence-corrected chi connectivity index (χ3v) is 4.30. The van der Waals surface area contributed by atoms with Gasteiger partial charge < -0.3 is 19.1 Å². The second kappa shape index (κ2) is 7.34. The molecule has 0 aromatic carbocycles. The lowest BCUT2D eigenvalue weighted by Gasteiger charge is -2.40. The van der Waals surface area contributed by atoms with E-state index in [-0.39, 0.29) is 18.3 Å². The van der Waals surface area contributed by atoms with Crippen molar-refractivity contribution in [3.63, 3.8) is 0 Å². The summed E-state index contributed by atoms with van der Waals surface area (Å²) in [6.45, 7) is 10.8. The first kappa shape index (κ1) is 18.1. The van der Waals surface area contributed by atoms with Crippen molar-refractivity contribution in [3.05, 3.63) is 0 Å². The molecule has 1 rings (SSSR count). The normalized spacial score (nSPS) is 34.5. The molecule has 20 heavy (non-hydrogen) atoms. The summed E-state index contributed by atoms with van der Waals surface area (Å²) in [7, 11) is -3.25. The van der Waals surface area contributed by atoms with Crippen molar-refractivity contribution >= 4 is 7.60 Å². The van der Waals surface area contributed by atoms with E-state index in [9.17, 15) is 9.67 Å². The molecule has 5 unspecified atom stereocenters. The zero-order valence-corrected chi connectivity index (χ0v) is 14.0. The highest BCUT2D eigenvalue weighted by atomic mass is 31.2. The van der Waals surface area contributed by atoms with Crippen LogP contribution in [0.4, 0.5) is 0 Å². The smallest absolute Gasteiger partial charge is 0.328 e. The summed E-state index contributed by atoms with van der Waals surface area (Å²) >= 11 is 0. The van der Waals surface area contributed by atoms with Gasteiger partial charge in [-0.2, -0.15) is 0 Å². The first-order valence-electron chi connectivity index (χ1n) is 7.02. The molecule has 1 aliphatic rings. The molecule has 1 N–H and O–H groups in total. The van der Waals surface area contributed by atoms with Crippen LogP contribution in [0.3, 0.4) is 0 Å². The van der Waals surface area contributed by atoms with Crippen molar-refractivity contribution in [1.29, 1.82) is 0 Å². The van der Waals surface area contributed by atoms with E-state index in [0.717, 1.165) is 0 Å². The van der Waals surface area contributed by atoms with Crippen LogP contribution < -0.4 is 0 Å². The van der Waals surface area contributed by atoms with Crippen LogP contribution in [0.25, 0.3) is 0 Å². The van der Waals surface area contributed by atoms with E-state index in [1.54, 1.807) is 20.8 Å². The van der Waals surface area contributed by atoms with Crippen LogP contribution in [0.2, 0.25) is 0 Å². The number of rotatable bonds is 6. The molecule has 0 aliphatic carbocycles. The second-order valence-electron chi connectivity index (χ2n) is 5.75. The molecule has 6 nitrogen and oxygen atoms in total. The lowest BCUT2D eigenvalue weighted by Crippen LogP contribution is -2.54. The average molecular weight is 310 g/mol. The van der Waals surface area contributed by atoms with Gasteiger partial charge in [0.1, 0.15) is 18.3 Å². The van der Waals surface area contributed by atoms with Gasteiger partial charge in [0.15, 0.2) is 0 Å². The van der Waals surface area contributed by atoms with E-state index in [1.165, 1.54) is 6.66 Å². The van der Waals surface area contributed by atoms with E-state index < -0.39 is 25.9 Å². The second-order valence-corrected chi connectivity index (χ2v) is 7.71. The Labute approximate surface area is 121 Å². The number of aliphatic hydroxyl groups is 1. The van der Waals surface area contributed by atoms with Crippen molar-refractivity contribution in [3.8, 4) is 0 Å². The Hall–Kier alpha value is 0.0300. The third kappa shape index (κ3) is 5.43. The monoisotopic (exact) mass is 310 g/mol. The SMILES string of the molecule is CC(C)OC1COC(C)C(OP(C)(=O)OC(C)C)C1O. The molecule has 120 valence electrons. The molecule has 1 aliphatic heterocycles. The van der Waals surface area contributed by atoms with E-state index >= 15 is 0 Å². The van der Waals surface area contributed by atoms with Crippen LogP contribution in [-0.4, -0.2) is 55.0 Å². The Morgan fingerprint density at radius 2 is 1.85 bits per heavy atom. The van der Waals surface area contributed by atoms with Crippen LogP contribution in [0, 0.1) is 0 Å². The fourth-order valence-electron chi connectivity index (χ4n) is 2.18. The van der Waals surface area contributed by atoms with Gasteiger partial charge in [0.2, 0.25) is 0 Å². The molecule has 5 atom stereocenters. The highest BCUT2D eigenvalue weighted by Gasteiger charge is 2.42. The molecular weight excluding hydrogens is 283 g/mol. The Bertz CT molecular complexity index is 346. The van der Waals surface area contributed by atoms with E-state index in [4.69, 9.17) is 18.5 Å². The summed E-state index contributed by atoms with van der Waals surface area (Å²) in [6.07, 6.45) is -2.75. The van der Waals surface area contributed by atoms with Crippen molar-refractivity contribution < 1.29 is 28.2 Å². The first-order valence-corrected chi connectivity index (χ1v) is 9.01. The largest absolute Gasteiger partial charge is 0.387 e. The first-order chi connectivity index (χ1) is 9.12. The lowest BCUT2D eigenvalue weighted by atomic mass is 10.0. The Balaban J connectivity index is 2.72. The predicted octanol–water partition coefficient (Wildman–Crippen LogP) is 2.19. The fourth-order valence-corrected chi connectivity index (χ4v) is 3.73. The van der Waals surface area contributed by atoms with Crippen molar-refractivity contribution in [1.82, 2.24) is 0 Å².